The van der Waals surface area contributed by atoms with Gasteiger partial charge in [0.05, 0.1) is 18.6 Å². The number of hydrogen-bond acceptors (Lipinski definition) is 7. The number of nitrogens with zero attached hydrogens (tertiary/aromatic N) is 4. The molecular formula is C20H22N4O4S. The van der Waals surface area contributed by atoms with E-state index in [2.05, 4.69) is 10.2 Å². The number of amides is 1. The molecule has 8 nitrogen and oxygen atoms in total. The summed E-state index contributed by atoms with van der Waals surface area (Å²) in [6.07, 6.45) is 1.40. The quantitative estimate of drug-likeness (QED) is 0.550. The Kier molecular flexibility index (Phi) is 5.75. The van der Waals surface area contributed by atoms with Crippen LogP contribution in [0.2, 0.25) is 0 Å². The highest BCUT2D eigenvalue weighted by Gasteiger charge is 2.24. The number of likely N-dealkylation sites (N-methyl/N-ethyl adjacent to an activating group) is 1. The van der Waals surface area contributed by atoms with Crippen LogP contribution in [0.25, 0.3) is 11.6 Å². The van der Waals surface area contributed by atoms with Crippen molar-refractivity contribution in [3.63, 3.8) is 0 Å². The molecule has 152 valence electrons. The summed E-state index contributed by atoms with van der Waals surface area (Å²) in [4.78, 5) is 14.3. The van der Waals surface area contributed by atoms with Gasteiger partial charge in [0, 0.05) is 13.6 Å². The van der Waals surface area contributed by atoms with Crippen LogP contribution in [0.3, 0.4) is 0 Å². The van der Waals surface area contributed by atoms with Crippen molar-refractivity contribution in [3.05, 3.63) is 42.7 Å². The Labute approximate surface area is 172 Å². The average molecular weight is 414 g/mol. The van der Waals surface area contributed by atoms with Gasteiger partial charge in [-0.3, -0.25) is 9.36 Å². The number of hydrogen-bond donors (Lipinski definition) is 0. The summed E-state index contributed by atoms with van der Waals surface area (Å²) in [5.41, 5.74) is 0. The number of furan rings is 1. The van der Waals surface area contributed by atoms with Crippen molar-refractivity contribution in [1.82, 2.24) is 19.7 Å². The Morgan fingerprint density at radius 1 is 1.24 bits per heavy atom. The van der Waals surface area contributed by atoms with Gasteiger partial charge in [-0.15, -0.1) is 10.2 Å². The molecule has 0 aliphatic carbocycles. The van der Waals surface area contributed by atoms with Crippen LogP contribution in [-0.2, 0) is 11.3 Å². The topological polar surface area (TPSA) is 82.6 Å². The molecule has 1 aliphatic rings. The summed E-state index contributed by atoms with van der Waals surface area (Å²) in [6.45, 7) is 3.55. The molecule has 2 aromatic heterocycles. The van der Waals surface area contributed by atoms with Crippen LogP contribution in [0.15, 0.2) is 52.2 Å². The second kappa shape index (κ2) is 8.60. The van der Waals surface area contributed by atoms with Gasteiger partial charge in [0.1, 0.15) is 6.61 Å². The molecule has 9 heteroatoms. The van der Waals surface area contributed by atoms with E-state index < -0.39 is 0 Å². The molecule has 0 fully saturated rings. The lowest BCUT2D eigenvalue weighted by Gasteiger charge is -2.29. The largest absolute Gasteiger partial charge is 0.486 e. The Bertz CT molecular complexity index is 973. The molecule has 1 aromatic carbocycles. The summed E-state index contributed by atoms with van der Waals surface area (Å²) < 4.78 is 19.0. The lowest BCUT2D eigenvalue weighted by atomic mass is 10.2. The highest BCUT2D eigenvalue weighted by molar-refractivity contribution is 7.99. The van der Waals surface area contributed by atoms with E-state index in [9.17, 15) is 4.79 Å². The molecule has 3 heterocycles. The number of aromatic nitrogens is 3. The first-order valence-electron chi connectivity index (χ1n) is 9.38. The number of para-hydroxylation sites is 2. The fourth-order valence-electron chi connectivity index (χ4n) is 3.07. The summed E-state index contributed by atoms with van der Waals surface area (Å²) in [6, 6.07) is 11.2. The first kappa shape index (κ1) is 19.4. The molecule has 0 N–H and O–H groups in total. The monoisotopic (exact) mass is 414 g/mol. The lowest BCUT2D eigenvalue weighted by molar-refractivity contribution is -0.128. The van der Waals surface area contributed by atoms with E-state index >= 15 is 0 Å². The summed E-state index contributed by atoms with van der Waals surface area (Å²) in [7, 11) is 1.77. The number of carbonyl (C=O) groups is 1. The zero-order chi connectivity index (χ0) is 20.2. The number of benzene rings is 1. The Morgan fingerprint density at radius 3 is 2.83 bits per heavy atom. The maximum Gasteiger partial charge on any atom is 0.232 e. The van der Waals surface area contributed by atoms with Gasteiger partial charge >= 0.3 is 0 Å². The van der Waals surface area contributed by atoms with E-state index in [-0.39, 0.29) is 17.8 Å². The fraction of sp³-hybridized carbons (Fsp3) is 0.350. The molecule has 1 atom stereocenters. The van der Waals surface area contributed by atoms with Gasteiger partial charge in [0.15, 0.2) is 34.3 Å². The third-order valence-electron chi connectivity index (χ3n) is 4.57. The van der Waals surface area contributed by atoms with Gasteiger partial charge in [-0.1, -0.05) is 23.9 Å². The molecule has 0 saturated carbocycles. The van der Waals surface area contributed by atoms with Crippen molar-refractivity contribution in [2.24, 2.45) is 0 Å². The highest BCUT2D eigenvalue weighted by atomic mass is 32.2. The van der Waals surface area contributed by atoms with Crippen LogP contribution < -0.4 is 9.47 Å². The Hall–Kier alpha value is -2.94. The van der Waals surface area contributed by atoms with Gasteiger partial charge in [0.25, 0.3) is 0 Å². The highest BCUT2D eigenvalue weighted by Crippen LogP contribution is 2.31. The third-order valence-corrected chi connectivity index (χ3v) is 5.52. The zero-order valence-electron chi connectivity index (χ0n) is 16.3. The molecular weight excluding hydrogens is 392 g/mol. The van der Waals surface area contributed by atoms with Crippen LogP contribution in [-0.4, -0.2) is 57.6 Å². The predicted octanol–water partition coefficient (Wildman–Crippen LogP) is 2.95. The molecule has 0 bridgehead atoms. The van der Waals surface area contributed by atoms with Crippen molar-refractivity contribution < 1.29 is 18.7 Å². The minimum absolute atomic E-state index is 0.0114. The van der Waals surface area contributed by atoms with E-state index in [1.165, 1.54) is 11.8 Å². The molecule has 0 radical (unpaired) electrons. The SMILES string of the molecule is CCn1c(SCC(=O)N(C)CC2COc3ccccc3O2)nnc1-c1ccco1. The minimum atomic E-state index is -0.200. The van der Waals surface area contributed by atoms with Gasteiger partial charge in [-0.05, 0) is 31.2 Å². The third kappa shape index (κ3) is 4.24. The second-order valence-corrected chi connectivity index (χ2v) is 7.53. The van der Waals surface area contributed by atoms with Gasteiger partial charge in [-0.25, -0.2) is 0 Å². The Morgan fingerprint density at radius 2 is 2.07 bits per heavy atom. The normalized spacial score (nSPS) is 15.3. The summed E-state index contributed by atoms with van der Waals surface area (Å²) in [5, 5.41) is 9.11. The molecule has 4 rings (SSSR count). The maximum atomic E-state index is 12.6. The number of carbonyl (C=O) groups excluding carboxylic acids is 1. The van der Waals surface area contributed by atoms with Gasteiger partial charge in [-0.2, -0.15) is 0 Å². The smallest absolute Gasteiger partial charge is 0.232 e. The molecule has 0 spiro atoms. The van der Waals surface area contributed by atoms with E-state index in [4.69, 9.17) is 13.9 Å². The van der Waals surface area contributed by atoms with E-state index in [1.54, 1.807) is 18.2 Å². The number of ether oxygens (including phenoxy) is 2. The molecule has 3 aromatic rings. The lowest BCUT2D eigenvalue weighted by Crippen LogP contribution is -2.42. The second-order valence-electron chi connectivity index (χ2n) is 6.59. The van der Waals surface area contributed by atoms with Crippen molar-refractivity contribution >= 4 is 17.7 Å². The molecule has 1 aliphatic heterocycles. The van der Waals surface area contributed by atoms with Crippen LogP contribution in [0.4, 0.5) is 0 Å². The van der Waals surface area contributed by atoms with Crippen LogP contribution >= 0.6 is 11.8 Å². The van der Waals surface area contributed by atoms with Crippen molar-refractivity contribution in [3.8, 4) is 23.1 Å². The van der Waals surface area contributed by atoms with Crippen molar-refractivity contribution in [2.45, 2.75) is 24.7 Å². The molecule has 0 saturated heterocycles. The van der Waals surface area contributed by atoms with Crippen molar-refractivity contribution in [1.29, 1.82) is 0 Å². The fourth-order valence-corrected chi connectivity index (χ4v) is 4.01. The van der Waals surface area contributed by atoms with Crippen LogP contribution in [0.5, 0.6) is 11.5 Å². The Balaban J connectivity index is 1.33. The van der Waals surface area contributed by atoms with Crippen molar-refractivity contribution in [2.75, 3.05) is 26.0 Å². The number of thioether (sulfide) groups is 1. The summed E-state index contributed by atoms with van der Waals surface area (Å²) in [5.74, 6) is 3.01. The van der Waals surface area contributed by atoms with E-state index in [0.717, 1.165) is 5.75 Å². The molecule has 1 amide bonds. The number of fused-ring (bicyclic) bond motifs is 1. The zero-order valence-corrected chi connectivity index (χ0v) is 17.1. The maximum absolute atomic E-state index is 12.6. The van der Waals surface area contributed by atoms with Crippen LogP contribution in [0, 0.1) is 0 Å². The van der Waals surface area contributed by atoms with E-state index in [0.29, 0.717) is 42.2 Å². The van der Waals surface area contributed by atoms with Gasteiger partial charge in [0.2, 0.25) is 5.91 Å². The van der Waals surface area contributed by atoms with Gasteiger partial charge < -0.3 is 18.8 Å². The predicted molar refractivity (Wildman–Crippen MR) is 108 cm³/mol. The standard InChI is InChI=1S/C20H22N4O4S/c1-3-24-19(17-9-6-10-26-17)21-22-20(24)29-13-18(25)23(2)11-14-12-27-15-7-4-5-8-16(15)28-14/h4-10,14H,3,11-13H2,1-2H3. The molecule has 29 heavy (non-hydrogen) atoms. The molecule has 1 unspecified atom stereocenters. The number of rotatable bonds is 7. The summed E-state index contributed by atoms with van der Waals surface area (Å²) >= 11 is 1.36. The van der Waals surface area contributed by atoms with E-state index in [1.807, 2.05) is 47.9 Å². The average Bonchev–Trinajstić information content (AvgIpc) is 3.41. The first-order valence-corrected chi connectivity index (χ1v) is 10.4. The first-order chi connectivity index (χ1) is 14.2. The van der Waals surface area contributed by atoms with Crippen LogP contribution in [0.1, 0.15) is 6.92 Å². The minimum Gasteiger partial charge on any atom is -0.486 e.